The van der Waals surface area contributed by atoms with Gasteiger partial charge in [0, 0.05) is 29.5 Å². The first-order valence-corrected chi connectivity index (χ1v) is 5.20. The number of rotatable bonds is 1. The number of nitrogens with zero attached hydrogens (tertiary/aromatic N) is 3. The Hall–Kier alpha value is -2.49. The first kappa shape index (κ1) is 9.72. The SMILES string of the molecule is Oc1ccc(-c2ncccn2)c2cccnc12. The van der Waals surface area contributed by atoms with Crippen molar-refractivity contribution in [1.29, 1.82) is 0 Å². The van der Waals surface area contributed by atoms with Crippen LogP contribution in [0.3, 0.4) is 0 Å². The summed E-state index contributed by atoms with van der Waals surface area (Å²) in [6.45, 7) is 0. The molecule has 2 heterocycles. The summed E-state index contributed by atoms with van der Waals surface area (Å²) in [5.41, 5.74) is 1.43. The van der Waals surface area contributed by atoms with E-state index in [1.807, 2.05) is 12.1 Å². The summed E-state index contributed by atoms with van der Waals surface area (Å²) < 4.78 is 0. The van der Waals surface area contributed by atoms with E-state index in [-0.39, 0.29) is 5.75 Å². The van der Waals surface area contributed by atoms with E-state index < -0.39 is 0 Å². The van der Waals surface area contributed by atoms with Gasteiger partial charge in [0.25, 0.3) is 0 Å². The van der Waals surface area contributed by atoms with Crippen LogP contribution in [0.2, 0.25) is 0 Å². The highest BCUT2D eigenvalue weighted by Gasteiger charge is 2.09. The van der Waals surface area contributed by atoms with Gasteiger partial charge in [0.2, 0.25) is 0 Å². The molecule has 0 aliphatic heterocycles. The molecule has 0 unspecified atom stereocenters. The summed E-state index contributed by atoms with van der Waals surface area (Å²) in [5, 5.41) is 10.6. The molecule has 0 radical (unpaired) electrons. The zero-order valence-corrected chi connectivity index (χ0v) is 8.91. The van der Waals surface area contributed by atoms with Crippen LogP contribution in [0.25, 0.3) is 22.3 Å². The van der Waals surface area contributed by atoms with Crippen LogP contribution in [-0.4, -0.2) is 20.1 Å². The van der Waals surface area contributed by atoms with Crippen LogP contribution in [0.1, 0.15) is 0 Å². The summed E-state index contributed by atoms with van der Waals surface area (Å²) in [5.74, 6) is 0.797. The van der Waals surface area contributed by atoms with Crippen molar-refractivity contribution in [1.82, 2.24) is 15.0 Å². The largest absolute Gasteiger partial charge is 0.506 e. The number of aromatic nitrogens is 3. The highest BCUT2D eigenvalue weighted by Crippen LogP contribution is 2.30. The Kier molecular flexibility index (Phi) is 2.19. The summed E-state index contributed by atoms with van der Waals surface area (Å²) in [6.07, 6.45) is 5.03. The molecular weight excluding hydrogens is 214 g/mol. The molecule has 0 amide bonds. The lowest BCUT2D eigenvalue weighted by molar-refractivity contribution is 0.480. The average Bonchev–Trinajstić information content (AvgIpc) is 2.41. The minimum absolute atomic E-state index is 0.167. The number of benzene rings is 1. The fraction of sp³-hybridized carbons (Fsp3) is 0. The number of hydrogen-bond acceptors (Lipinski definition) is 4. The first-order valence-electron chi connectivity index (χ1n) is 5.20. The third-order valence-corrected chi connectivity index (χ3v) is 2.56. The molecule has 1 N–H and O–H groups in total. The number of fused-ring (bicyclic) bond motifs is 1. The highest BCUT2D eigenvalue weighted by molar-refractivity contribution is 5.95. The van der Waals surface area contributed by atoms with Gasteiger partial charge < -0.3 is 5.11 Å². The van der Waals surface area contributed by atoms with E-state index in [0.29, 0.717) is 11.3 Å². The highest BCUT2D eigenvalue weighted by atomic mass is 16.3. The van der Waals surface area contributed by atoms with Crippen LogP contribution in [-0.2, 0) is 0 Å². The Bertz CT molecular complexity index is 668. The number of phenolic OH excluding ortho intramolecular Hbond substituents is 1. The van der Waals surface area contributed by atoms with Crippen LogP contribution in [0.5, 0.6) is 5.75 Å². The van der Waals surface area contributed by atoms with Gasteiger partial charge in [-0.05, 0) is 24.3 Å². The predicted octanol–water partition coefficient (Wildman–Crippen LogP) is 2.40. The van der Waals surface area contributed by atoms with E-state index in [0.717, 1.165) is 10.9 Å². The van der Waals surface area contributed by atoms with Crippen molar-refractivity contribution in [2.24, 2.45) is 0 Å². The zero-order chi connectivity index (χ0) is 11.7. The van der Waals surface area contributed by atoms with Gasteiger partial charge in [-0.25, -0.2) is 9.97 Å². The molecule has 0 saturated carbocycles. The predicted molar refractivity (Wildman–Crippen MR) is 64.4 cm³/mol. The van der Waals surface area contributed by atoms with Crippen molar-refractivity contribution in [2.45, 2.75) is 0 Å². The fourth-order valence-corrected chi connectivity index (χ4v) is 1.79. The molecule has 0 aliphatic rings. The summed E-state index contributed by atoms with van der Waals surface area (Å²) in [6, 6.07) is 8.90. The molecule has 1 aromatic carbocycles. The van der Waals surface area contributed by atoms with Crippen molar-refractivity contribution in [3.05, 3.63) is 48.9 Å². The molecule has 82 valence electrons. The number of hydrogen-bond donors (Lipinski definition) is 1. The Morgan fingerprint density at radius 3 is 2.41 bits per heavy atom. The second-order valence-electron chi connectivity index (χ2n) is 3.60. The molecule has 17 heavy (non-hydrogen) atoms. The minimum Gasteiger partial charge on any atom is -0.506 e. The Labute approximate surface area is 97.6 Å². The maximum Gasteiger partial charge on any atom is 0.159 e. The molecule has 0 aliphatic carbocycles. The van der Waals surface area contributed by atoms with E-state index in [2.05, 4.69) is 15.0 Å². The summed E-state index contributed by atoms with van der Waals surface area (Å²) >= 11 is 0. The van der Waals surface area contributed by atoms with Crippen LogP contribution in [0, 0.1) is 0 Å². The van der Waals surface area contributed by atoms with Crippen LogP contribution in [0.15, 0.2) is 48.9 Å². The van der Waals surface area contributed by atoms with Gasteiger partial charge in [0.05, 0.1) is 0 Å². The maximum absolute atomic E-state index is 9.74. The number of pyridine rings is 1. The van der Waals surface area contributed by atoms with E-state index in [1.54, 1.807) is 36.8 Å². The lowest BCUT2D eigenvalue weighted by atomic mass is 10.1. The Balaban J connectivity index is 2.35. The molecule has 4 nitrogen and oxygen atoms in total. The lowest BCUT2D eigenvalue weighted by Crippen LogP contribution is -1.89. The van der Waals surface area contributed by atoms with Gasteiger partial charge in [-0.3, -0.25) is 4.98 Å². The van der Waals surface area contributed by atoms with Gasteiger partial charge in [-0.1, -0.05) is 6.07 Å². The number of phenols is 1. The summed E-state index contributed by atoms with van der Waals surface area (Å²) in [7, 11) is 0. The van der Waals surface area contributed by atoms with Gasteiger partial charge in [-0.2, -0.15) is 0 Å². The van der Waals surface area contributed by atoms with Gasteiger partial charge in [-0.15, -0.1) is 0 Å². The molecule has 3 rings (SSSR count). The summed E-state index contributed by atoms with van der Waals surface area (Å²) in [4.78, 5) is 12.6. The smallest absolute Gasteiger partial charge is 0.159 e. The third kappa shape index (κ3) is 1.59. The van der Waals surface area contributed by atoms with Gasteiger partial charge >= 0.3 is 0 Å². The Morgan fingerprint density at radius 2 is 1.59 bits per heavy atom. The molecular formula is C13H9N3O. The number of aromatic hydroxyl groups is 1. The molecule has 3 aromatic rings. The van der Waals surface area contributed by atoms with Crippen molar-refractivity contribution in [2.75, 3.05) is 0 Å². The van der Waals surface area contributed by atoms with E-state index in [1.165, 1.54) is 0 Å². The molecule has 0 saturated heterocycles. The quantitative estimate of drug-likeness (QED) is 0.688. The van der Waals surface area contributed by atoms with Crippen LogP contribution < -0.4 is 0 Å². The average molecular weight is 223 g/mol. The van der Waals surface area contributed by atoms with Gasteiger partial charge in [0.15, 0.2) is 5.82 Å². The molecule has 0 spiro atoms. The maximum atomic E-state index is 9.74. The minimum atomic E-state index is 0.167. The van der Waals surface area contributed by atoms with Crippen LogP contribution >= 0.6 is 0 Å². The molecule has 4 heteroatoms. The monoisotopic (exact) mass is 223 g/mol. The fourth-order valence-electron chi connectivity index (χ4n) is 1.79. The van der Waals surface area contributed by atoms with Gasteiger partial charge in [0.1, 0.15) is 11.3 Å². The topological polar surface area (TPSA) is 58.9 Å². The molecule has 0 bridgehead atoms. The van der Waals surface area contributed by atoms with Crippen LogP contribution in [0.4, 0.5) is 0 Å². The van der Waals surface area contributed by atoms with E-state index in [9.17, 15) is 5.11 Å². The van der Waals surface area contributed by atoms with Crippen molar-refractivity contribution < 1.29 is 5.11 Å². The Morgan fingerprint density at radius 1 is 0.824 bits per heavy atom. The van der Waals surface area contributed by atoms with E-state index >= 15 is 0 Å². The third-order valence-electron chi connectivity index (χ3n) is 2.56. The lowest BCUT2D eigenvalue weighted by Gasteiger charge is -2.05. The zero-order valence-electron chi connectivity index (χ0n) is 8.91. The van der Waals surface area contributed by atoms with Crippen molar-refractivity contribution in [3.63, 3.8) is 0 Å². The second kappa shape index (κ2) is 3.83. The normalized spacial score (nSPS) is 10.6. The second-order valence-corrected chi connectivity index (χ2v) is 3.60. The van der Waals surface area contributed by atoms with E-state index in [4.69, 9.17) is 0 Å². The molecule has 0 atom stereocenters. The standard InChI is InChI=1S/C13H9N3O/c17-11-5-4-10(13-15-7-2-8-16-13)9-3-1-6-14-12(9)11/h1-8,17H. The van der Waals surface area contributed by atoms with Crippen molar-refractivity contribution in [3.8, 4) is 17.1 Å². The molecule has 2 aromatic heterocycles. The first-order chi connectivity index (χ1) is 8.36. The van der Waals surface area contributed by atoms with Crippen molar-refractivity contribution >= 4 is 10.9 Å². The molecule has 0 fully saturated rings.